The zero-order valence-electron chi connectivity index (χ0n) is 15.1. The molecule has 1 saturated carbocycles. The molecule has 1 aromatic carbocycles. The molecule has 2 aliphatic rings. The van der Waals surface area contributed by atoms with Crippen molar-refractivity contribution in [3.8, 4) is 5.75 Å². The molecule has 4 rings (SSSR count). The molecule has 2 aromatic rings. The molecule has 1 aliphatic carbocycles. The minimum atomic E-state index is -0.100. The van der Waals surface area contributed by atoms with Crippen LogP contribution in [0.4, 0.5) is 0 Å². The molecule has 1 atom stereocenters. The number of rotatable bonds is 7. The van der Waals surface area contributed by atoms with E-state index in [1.165, 1.54) is 18.4 Å². The summed E-state index contributed by atoms with van der Waals surface area (Å²) < 4.78 is 13.2. The summed E-state index contributed by atoms with van der Waals surface area (Å²) in [4.78, 5) is 14.7. The molecule has 1 aromatic heterocycles. The van der Waals surface area contributed by atoms with Crippen LogP contribution in [0, 0.1) is 5.92 Å². The van der Waals surface area contributed by atoms with Gasteiger partial charge in [0.1, 0.15) is 5.75 Å². The lowest BCUT2D eigenvalue weighted by atomic mass is 10.00. The lowest BCUT2D eigenvalue weighted by Gasteiger charge is -2.36. The molecule has 6 heteroatoms. The van der Waals surface area contributed by atoms with Crippen molar-refractivity contribution in [1.82, 2.24) is 14.7 Å². The summed E-state index contributed by atoms with van der Waals surface area (Å²) in [5.41, 5.74) is 2.37. The van der Waals surface area contributed by atoms with E-state index in [1.54, 1.807) is 7.11 Å². The Morgan fingerprint density at radius 2 is 2.08 bits per heavy atom. The molecule has 2 heterocycles. The average molecular weight is 355 g/mol. The fourth-order valence-corrected chi connectivity index (χ4v) is 3.62. The van der Waals surface area contributed by atoms with Crippen molar-refractivity contribution in [3.63, 3.8) is 0 Å². The summed E-state index contributed by atoms with van der Waals surface area (Å²) >= 11 is 0. The Morgan fingerprint density at radius 3 is 2.81 bits per heavy atom. The molecule has 1 fully saturated rings. The van der Waals surface area contributed by atoms with Gasteiger partial charge in [0, 0.05) is 20.2 Å². The highest BCUT2D eigenvalue weighted by atomic mass is 16.5. The standard InChI is InChI=1S/C20H25N3O3/c1-25-13-18-20-16(11-21-23(20)12-15-7-8-15)9-10-22(18)19(24)14-26-17-5-3-2-4-6-17/h2-6,11,15,18H,7-10,12-14H2,1H3/t18-/m0/s1. The van der Waals surface area contributed by atoms with Gasteiger partial charge in [0.15, 0.2) is 6.61 Å². The van der Waals surface area contributed by atoms with Crippen LogP contribution in [0.15, 0.2) is 36.5 Å². The molecule has 0 N–H and O–H groups in total. The van der Waals surface area contributed by atoms with E-state index in [0.717, 1.165) is 24.6 Å². The summed E-state index contributed by atoms with van der Waals surface area (Å²) in [5, 5.41) is 4.59. The van der Waals surface area contributed by atoms with Gasteiger partial charge in [-0.1, -0.05) is 18.2 Å². The van der Waals surface area contributed by atoms with Gasteiger partial charge in [-0.3, -0.25) is 9.48 Å². The largest absolute Gasteiger partial charge is 0.484 e. The topological polar surface area (TPSA) is 56.6 Å². The summed E-state index contributed by atoms with van der Waals surface area (Å²) in [6, 6.07) is 9.35. The molecule has 6 nitrogen and oxygen atoms in total. The Morgan fingerprint density at radius 1 is 1.27 bits per heavy atom. The molecule has 0 radical (unpaired) electrons. The van der Waals surface area contributed by atoms with Crippen LogP contribution in [-0.2, 0) is 22.5 Å². The number of fused-ring (bicyclic) bond motifs is 1. The van der Waals surface area contributed by atoms with Crippen molar-refractivity contribution in [2.75, 3.05) is 26.9 Å². The van der Waals surface area contributed by atoms with Crippen molar-refractivity contribution >= 4 is 5.91 Å². The number of carbonyl (C=O) groups is 1. The second kappa shape index (κ2) is 7.50. The van der Waals surface area contributed by atoms with Crippen LogP contribution in [0.1, 0.15) is 30.1 Å². The van der Waals surface area contributed by atoms with Gasteiger partial charge in [-0.05, 0) is 42.9 Å². The van der Waals surface area contributed by atoms with Crippen LogP contribution in [-0.4, -0.2) is 47.5 Å². The fraction of sp³-hybridized carbons (Fsp3) is 0.500. The number of para-hydroxylation sites is 1. The average Bonchev–Trinajstić information content (AvgIpc) is 3.39. The third-order valence-electron chi connectivity index (χ3n) is 5.15. The Balaban J connectivity index is 1.50. The number of nitrogens with zero attached hydrogens (tertiary/aromatic N) is 3. The minimum absolute atomic E-state index is 0.0132. The predicted molar refractivity (Wildman–Crippen MR) is 96.9 cm³/mol. The van der Waals surface area contributed by atoms with Gasteiger partial charge in [0.2, 0.25) is 0 Å². The van der Waals surface area contributed by atoms with E-state index >= 15 is 0 Å². The second-order valence-electron chi connectivity index (χ2n) is 7.09. The van der Waals surface area contributed by atoms with E-state index in [9.17, 15) is 4.79 Å². The first-order valence-electron chi connectivity index (χ1n) is 9.27. The second-order valence-corrected chi connectivity index (χ2v) is 7.09. The van der Waals surface area contributed by atoms with Gasteiger partial charge in [-0.25, -0.2) is 0 Å². The third kappa shape index (κ3) is 3.60. The summed E-state index contributed by atoms with van der Waals surface area (Å²) in [6.45, 7) is 2.13. The number of ether oxygens (including phenoxy) is 2. The molecule has 1 aliphatic heterocycles. The Bertz CT molecular complexity index is 755. The van der Waals surface area contributed by atoms with E-state index in [-0.39, 0.29) is 18.6 Å². The van der Waals surface area contributed by atoms with Crippen LogP contribution in [0.5, 0.6) is 5.75 Å². The van der Waals surface area contributed by atoms with Crippen molar-refractivity contribution in [1.29, 1.82) is 0 Å². The molecular formula is C20H25N3O3. The van der Waals surface area contributed by atoms with Crippen molar-refractivity contribution in [3.05, 3.63) is 47.8 Å². The lowest BCUT2D eigenvalue weighted by molar-refractivity contribution is -0.137. The van der Waals surface area contributed by atoms with Gasteiger partial charge in [-0.2, -0.15) is 5.10 Å². The Labute approximate surface area is 153 Å². The first kappa shape index (κ1) is 17.1. The van der Waals surface area contributed by atoms with Crippen LogP contribution < -0.4 is 4.74 Å². The Hall–Kier alpha value is -2.34. The highest BCUT2D eigenvalue weighted by molar-refractivity contribution is 5.78. The maximum absolute atomic E-state index is 12.8. The summed E-state index contributed by atoms with van der Waals surface area (Å²) in [5.74, 6) is 1.43. The smallest absolute Gasteiger partial charge is 0.261 e. The molecule has 0 bridgehead atoms. The lowest BCUT2D eigenvalue weighted by Crippen LogP contribution is -2.44. The quantitative estimate of drug-likeness (QED) is 0.765. The van der Waals surface area contributed by atoms with Crippen molar-refractivity contribution < 1.29 is 14.3 Å². The minimum Gasteiger partial charge on any atom is -0.484 e. The van der Waals surface area contributed by atoms with E-state index in [2.05, 4.69) is 9.78 Å². The van der Waals surface area contributed by atoms with E-state index in [4.69, 9.17) is 9.47 Å². The molecule has 1 amide bonds. The summed E-state index contributed by atoms with van der Waals surface area (Å²) in [6.07, 6.45) is 5.34. The number of carbonyl (C=O) groups excluding carboxylic acids is 1. The first-order valence-corrected chi connectivity index (χ1v) is 9.27. The molecule has 26 heavy (non-hydrogen) atoms. The Kier molecular flexibility index (Phi) is 4.93. The predicted octanol–water partition coefficient (Wildman–Crippen LogP) is 2.44. The summed E-state index contributed by atoms with van der Waals surface area (Å²) in [7, 11) is 1.68. The van der Waals surface area contributed by atoms with Crippen LogP contribution in [0.2, 0.25) is 0 Å². The van der Waals surface area contributed by atoms with Gasteiger partial charge in [-0.15, -0.1) is 0 Å². The monoisotopic (exact) mass is 355 g/mol. The SMILES string of the molecule is COC[C@H]1c2c(cnn2CC2CC2)CCN1C(=O)COc1ccccc1. The highest BCUT2D eigenvalue weighted by Crippen LogP contribution is 2.35. The maximum Gasteiger partial charge on any atom is 0.261 e. The van der Waals surface area contributed by atoms with Gasteiger partial charge in [0.25, 0.3) is 5.91 Å². The van der Waals surface area contributed by atoms with Crippen molar-refractivity contribution in [2.45, 2.75) is 31.8 Å². The number of methoxy groups -OCH3 is 1. The van der Waals surface area contributed by atoms with Crippen LogP contribution in [0.3, 0.4) is 0 Å². The molecule has 0 spiro atoms. The zero-order valence-corrected chi connectivity index (χ0v) is 15.1. The highest BCUT2D eigenvalue weighted by Gasteiger charge is 2.35. The van der Waals surface area contributed by atoms with Gasteiger partial charge in [0.05, 0.1) is 24.5 Å². The van der Waals surface area contributed by atoms with Crippen LogP contribution in [0.25, 0.3) is 0 Å². The first-order chi connectivity index (χ1) is 12.8. The number of hydrogen-bond acceptors (Lipinski definition) is 4. The van der Waals surface area contributed by atoms with Crippen LogP contribution >= 0.6 is 0 Å². The normalized spacial score (nSPS) is 19.3. The number of benzene rings is 1. The van der Waals surface area contributed by atoms with E-state index < -0.39 is 0 Å². The van der Waals surface area contributed by atoms with E-state index in [1.807, 2.05) is 41.4 Å². The number of amides is 1. The maximum atomic E-state index is 12.8. The zero-order chi connectivity index (χ0) is 17.9. The number of aromatic nitrogens is 2. The van der Waals surface area contributed by atoms with Gasteiger partial charge < -0.3 is 14.4 Å². The molecule has 0 unspecified atom stereocenters. The fourth-order valence-electron chi connectivity index (χ4n) is 3.62. The number of hydrogen-bond donors (Lipinski definition) is 0. The molecule has 138 valence electrons. The van der Waals surface area contributed by atoms with E-state index in [0.29, 0.717) is 18.9 Å². The van der Waals surface area contributed by atoms with Crippen molar-refractivity contribution in [2.24, 2.45) is 5.92 Å². The van der Waals surface area contributed by atoms with Gasteiger partial charge >= 0.3 is 0 Å². The third-order valence-corrected chi connectivity index (χ3v) is 5.15. The molecule has 0 saturated heterocycles. The molecular weight excluding hydrogens is 330 g/mol.